The van der Waals surface area contributed by atoms with Gasteiger partial charge in [0.1, 0.15) is 0 Å². The molecule has 0 radical (unpaired) electrons. The van der Waals surface area contributed by atoms with Crippen LogP contribution in [0.1, 0.15) is 18.4 Å². The molecule has 27 heavy (non-hydrogen) atoms. The van der Waals surface area contributed by atoms with Crippen LogP contribution in [0.15, 0.2) is 66.9 Å². The number of hydrogen-bond acceptors (Lipinski definition) is 5. The molecule has 1 aliphatic rings. The topological polar surface area (TPSA) is 45.2 Å². The first-order valence-corrected chi connectivity index (χ1v) is 9.57. The monoisotopic (exact) mass is 359 g/mol. The van der Waals surface area contributed by atoms with Crippen LogP contribution >= 0.6 is 0 Å². The van der Waals surface area contributed by atoms with Crippen LogP contribution in [0.2, 0.25) is 0 Å². The highest BCUT2D eigenvalue weighted by atomic mass is 15.3. The molecular weight excluding hydrogens is 334 g/mol. The largest absolute Gasteiger partial charge is 0.355 e. The van der Waals surface area contributed by atoms with Crippen LogP contribution in [0.5, 0.6) is 0 Å². The first-order valence-electron chi connectivity index (χ1n) is 9.57. The molecule has 5 nitrogen and oxygen atoms in total. The molecule has 4 rings (SSSR count). The van der Waals surface area contributed by atoms with Crippen molar-refractivity contribution < 1.29 is 0 Å². The summed E-state index contributed by atoms with van der Waals surface area (Å²) in [5.74, 6) is 2.29. The molecule has 3 aromatic rings. The zero-order chi connectivity index (χ0) is 18.5. The molecule has 0 bridgehead atoms. The maximum absolute atomic E-state index is 4.76. The van der Waals surface area contributed by atoms with E-state index in [-0.39, 0.29) is 0 Å². The van der Waals surface area contributed by atoms with E-state index >= 15 is 0 Å². The van der Waals surface area contributed by atoms with E-state index in [9.17, 15) is 0 Å². The summed E-state index contributed by atoms with van der Waals surface area (Å²) in [6.45, 7) is 2.04. The van der Waals surface area contributed by atoms with E-state index in [1.165, 1.54) is 24.8 Å². The number of para-hydroxylation sites is 1. The second-order valence-electron chi connectivity index (χ2n) is 7.13. The van der Waals surface area contributed by atoms with Crippen LogP contribution in [0.4, 0.5) is 17.5 Å². The summed E-state index contributed by atoms with van der Waals surface area (Å²) in [5.41, 5.74) is 2.49. The van der Waals surface area contributed by atoms with Gasteiger partial charge in [-0.1, -0.05) is 48.5 Å². The Balaban J connectivity index is 1.40. The molecule has 1 saturated heterocycles. The van der Waals surface area contributed by atoms with Crippen molar-refractivity contribution in [1.29, 1.82) is 0 Å². The Hall–Kier alpha value is -2.95. The Bertz CT molecular complexity index is 845. The summed E-state index contributed by atoms with van der Waals surface area (Å²) in [7, 11) is 1.97. The van der Waals surface area contributed by atoms with Gasteiger partial charge in [-0.2, -0.15) is 10.1 Å². The van der Waals surface area contributed by atoms with E-state index in [0.717, 1.165) is 30.5 Å². The molecule has 138 valence electrons. The van der Waals surface area contributed by atoms with Gasteiger partial charge in [0.05, 0.1) is 6.20 Å². The average Bonchev–Trinajstić information content (AvgIpc) is 2.75. The lowest BCUT2D eigenvalue weighted by Gasteiger charge is -2.33. The maximum atomic E-state index is 4.76. The Labute approximate surface area is 160 Å². The minimum Gasteiger partial charge on any atom is -0.355 e. The van der Waals surface area contributed by atoms with Crippen molar-refractivity contribution in [2.75, 3.05) is 29.9 Å². The summed E-state index contributed by atoms with van der Waals surface area (Å²) in [4.78, 5) is 9.06. The normalized spacial score (nSPS) is 14.9. The molecule has 1 aliphatic heterocycles. The number of benzene rings is 2. The van der Waals surface area contributed by atoms with Crippen molar-refractivity contribution in [2.24, 2.45) is 5.92 Å². The molecule has 0 spiro atoms. The lowest BCUT2D eigenvalue weighted by atomic mass is 9.90. The first kappa shape index (κ1) is 17.5. The van der Waals surface area contributed by atoms with Gasteiger partial charge in [0.15, 0.2) is 5.82 Å². The summed E-state index contributed by atoms with van der Waals surface area (Å²) in [5, 5.41) is 8.42. The molecule has 0 amide bonds. The van der Waals surface area contributed by atoms with Crippen molar-refractivity contribution in [3.05, 3.63) is 72.4 Å². The third kappa shape index (κ3) is 4.25. The number of aromatic nitrogens is 3. The van der Waals surface area contributed by atoms with Crippen LogP contribution in [-0.2, 0) is 6.42 Å². The van der Waals surface area contributed by atoms with E-state index < -0.39 is 0 Å². The number of hydrogen-bond donors (Lipinski definition) is 0. The van der Waals surface area contributed by atoms with Crippen molar-refractivity contribution in [3.63, 3.8) is 0 Å². The van der Waals surface area contributed by atoms with Crippen LogP contribution in [-0.4, -0.2) is 35.3 Å². The molecule has 0 aliphatic carbocycles. The molecule has 0 saturated carbocycles. The van der Waals surface area contributed by atoms with E-state index in [1.54, 1.807) is 6.20 Å². The van der Waals surface area contributed by atoms with Gasteiger partial charge in [-0.25, -0.2) is 0 Å². The predicted octanol–water partition coefficient (Wildman–Crippen LogP) is 4.10. The van der Waals surface area contributed by atoms with Gasteiger partial charge in [0.2, 0.25) is 0 Å². The fraction of sp³-hybridized carbons (Fsp3) is 0.318. The van der Waals surface area contributed by atoms with E-state index in [0.29, 0.717) is 5.95 Å². The van der Waals surface area contributed by atoms with Gasteiger partial charge in [-0.15, -0.1) is 5.10 Å². The highest BCUT2D eigenvalue weighted by Gasteiger charge is 2.21. The van der Waals surface area contributed by atoms with E-state index in [1.807, 2.05) is 42.3 Å². The molecule has 0 N–H and O–H groups in total. The molecule has 0 atom stereocenters. The molecular formula is C22H25N5. The van der Waals surface area contributed by atoms with Crippen LogP contribution < -0.4 is 9.80 Å². The highest BCUT2D eigenvalue weighted by molar-refractivity contribution is 5.56. The molecule has 0 unspecified atom stereocenters. The van der Waals surface area contributed by atoms with Gasteiger partial charge >= 0.3 is 0 Å². The summed E-state index contributed by atoms with van der Waals surface area (Å²) < 4.78 is 0. The Morgan fingerprint density at radius 2 is 1.63 bits per heavy atom. The molecule has 1 aromatic heterocycles. The summed E-state index contributed by atoms with van der Waals surface area (Å²) >= 11 is 0. The van der Waals surface area contributed by atoms with Gasteiger partial charge in [0.25, 0.3) is 5.95 Å². The molecule has 2 aromatic carbocycles. The minimum absolute atomic E-state index is 0.630. The zero-order valence-electron chi connectivity index (χ0n) is 15.7. The predicted molar refractivity (Wildman–Crippen MR) is 109 cm³/mol. The lowest BCUT2D eigenvalue weighted by Crippen LogP contribution is -2.35. The molecule has 1 fully saturated rings. The fourth-order valence-corrected chi connectivity index (χ4v) is 3.66. The van der Waals surface area contributed by atoms with Crippen molar-refractivity contribution in [3.8, 4) is 0 Å². The van der Waals surface area contributed by atoms with E-state index in [4.69, 9.17) is 4.98 Å². The number of anilines is 3. The number of nitrogens with zero attached hydrogens (tertiary/aromatic N) is 5. The maximum Gasteiger partial charge on any atom is 0.251 e. The smallest absolute Gasteiger partial charge is 0.251 e. The lowest BCUT2D eigenvalue weighted by molar-refractivity contribution is 0.402. The molecule has 5 heteroatoms. The minimum atomic E-state index is 0.630. The Morgan fingerprint density at radius 1 is 0.963 bits per heavy atom. The standard InChI is InChI=1S/C22H25N5/c1-26(20-10-6-3-7-11-20)22-24-21(17-23-25-22)27-14-12-19(13-15-27)16-18-8-4-2-5-9-18/h2-11,17,19H,12-16H2,1H3. The zero-order valence-corrected chi connectivity index (χ0v) is 15.7. The second-order valence-corrected chi connectivity index (χ2v) is 7.13. The van der Waals surface area contributed by atoms with Crippen LogP contribution in [0.3, 0.4) is 0 Å². The van der Waals surface area contributed by atoms with Gasteiger partial charge < -0.3 is 9.80 Å². The Kier molecular flexibility index (Phi) is 5.28. The van der Waals surface area contributed by atoms with Crippen molar-refractivity contribution in [2.45, 2.75) is 19.3 Å². The highest BCUT2D eigenvalue weighted by Crippen LogP contribution is 2.26. The third-order valence-corrected chi connectivity index (χ3v) is 5.28. The van der Waals surface area contributed by atoms with Gasteiger partial charge in [-0.3, -0.25) is 0 Å². The van der Waals surface area contributed by atoms with Crippen LogP contribution in [0.25, 0.3) is 0 Å². The molecule has 2 heterocycles. The van der Waals surface area contributed by atoms with Crippen LogP contribution in [0, 0.1) is 5.92 Å². The number of rotatable bonds is 5. The second kappa shape index (κ2) is 8.16. The van der Waals surface area contributed by atoms with Gasteiger partial charge in [0, 0.05) is 25.8 Å². The fourth-order valence-electron chi connectivity index (χ4n) is 3.66. The Morgan fingerprint density at radius 3 is 2.33 bits per heavy atom. The SMILES string of the molecule is CN(c1ccccc1)c1nncc(N2CCC(Cc3ccccc3)CC2)n1. The number of piperidine rings is 1. The van der Waals surface area contributed by atoms with Crippen molar-refractivity contribution >= 4 is 17.5 Å². The average molecular weight is 359 g/mol. The quantitative estimate of drug-likeness (QED) is 0.686. The van der Waals surface area contributed by atoms with E-state index in [2.05, 4.69) is 45.4 Å². The first-order chi connectivity index (χ1) is 13.3. The van der Waals surface area contributed by atoms with Gasteiger partial charge in [-0.05, 0) is 42.9 Å². The third-order valence-electron chi connectivity index (χ3n) is 5.28. The summed E-state index contributed by atoms with van der Waals surface area (Å²) in [6, 6.07) is 20.9. The van der Waals surface area contributed by atoms with Crippen molar-refractivity contribution in [1.82, 2.24) is 15.2 Å². The summed E-state index contributed by atoms with van der Waals surface area (Å²) in [6.07, 6.45) is 5.31.